The van der Waals surface area contributed by atoms with Crippen molar-refractivity contribution in [2.24, 2.45) is 5.73 Å². The van der Waals surface area contributed by atoms with Crippen LogP contribution in [0.5, 0.6) is 0 Å². The number of hydrogen-bond donors (Lipinski definition) is 2. The van der Waals surface area contributed by atoms with E-state index in [1.54, 1.807) is 6.07 Å². The SMILES string of the molecule is NCCC(=O)c1cc(-c2ccccc2)n[nH]1. The molecule has 4 nitrogen and oxygen atoms in total. The lowest BCUT2D eigenvalue weighted by molar-refractivity contribution is 0.0980. The van der Waals surface area contributed by atoms with Gasteiger partial charge in [0.25, 0.3) is 0 Å². The zero-order valence-corrected chi connectivity index (χ0v) is 8.81. The second-order valence-electron chi connectivity index (χ2n) is 3.49. The number of ketones is 1. The van der Waals surface area contributed by atoms with Gasteiger partial charge in [0.05, 0.1) is 5.69 Å². The Balaban J connectivity index is 2.23. The lowest BCUT2D eigenvalue weighted by Gasteiger charge is -1.93. The first-order valence-electron chi connectivity index (χ1n) is 5.15. The molecule has 0 aliphatic carbocycles. The van der Waals surface area contributed by atoms with Crippen LogP contribution in [0.15, 0.2) is 36.4 Å². The summed E-state index contributed by atoms with van der Waals surface area (Å²) in [5.74, 6) is -0.00261. The molecule has 0 saturated carbocycles. The van der Waals surface area contributed by atoms with Crippen molar-refractivity contribution >= 4 is 5.78 Å². The summed E-state index contributed by atoms with van der Waals surface area (Å²) in [5.41, 5.74) is 7.62. The molecule has 0 atom stereocenters. The minimum absolute atomic E-state index is 0.00261. The Labute approximate surface area is 93.5 Å². The van der Waals surface area contributed by atoms with Gasteiger partial charge < -0.3 is 5.73 Å². The summed E-state index contributed by atoms with van der Waals surface area (Å²) in [7, 11) is 0. The maximum atomic E-state index is 11.5. The molecule has 0 saturated heterocycles. The summed E-state index contributed by atoms with van der Waals surface area (Å²) in [6.45, 7) is 0.360. The van der Waals surface area contributed by atoms with Crippen LogP contribution in [-0.2, 0) is 0 Å². The van der Waals surface area contributed by atoms with Crippen LogP contribution in [0.2, 0.25) is 0 Å². The lowest BCUT2D eigenvalue weighted by Crippen LogP contribution is -2.08. The number of nitrogens with zero attached hydrogens (tertiary/aromatic N) is 1. The number of nitrogens with one attached hydrogen (secondary N) is 1. The number of rotatable bonds is 4. The highest BCUT2D eigenvalue weighted by molar-refractivity contribution is 5.95. The third-order valence-electron chi connectivity index (χ3n) is 2.32. The largest absolute Gasteiger partial charge is 0.330 e. The molecule has 0 spiro atoms. The molecule has 4 heteroatoms. The van der Waals surface area contributed by atoms with Crippen LogP contribution in [0.25, 0.3) is 11.3 Å². The summed E-state index contributed by atoms with van der Waals surface area (Å²) in [5, 5.41) is 6.84. The third-order valence-corrected chi connectivity index (χ3v) is 2.32. The van der Waals surface area contributed by atoms with E-state index in [9.17, 15) is 4.79 Å². The first-order valence-corrected chi connectivity index (χ1v) is 5.15. The molecule has 82 valence electrons. The zero-order valence-electron chi connectivity index (χ0n) is 8.81. The summed E-state index contributed by atoms with van der Waals surface area (Å²) in [6.07, 6.45) is 0.344. The van der Waals surface area contributed by atoms with Crippen LogP contribution >= 0.6 is 0 Å². The first kappa shape index (κ1) is 10.6. The minimum Gasteiger partial charge on any atom is -0.330 e. The number of aromatic nitrogens is 2. The standard InChI is InChI=1S/C12H13N3O/c13-7-6-12(16)11-8-10(14-15-11)9-4-2-1-3-5-9/h1-5,8H,6-7,13H2,(H,14,15). The molecule has 3 N–H and O–H groups in total. The molecule has 0 unspecified atom stereocenters. The predicted molar refractivity (Wildman–Crippen MR) is 62.0 cm³/mol. The van der Waals surface area contributed by atoms with Crippen molar-refractivity contribution in [1.82, 2.24) is 10.2 Å². The fraction of sp³-hybridized carbons (Fsp3) is 0.167. The monoisotopic (exact) mass is 215 g/mol. The van der Waals surface area contributed by atoms with Crippen LogP contribution in [0.1, 0.15) is 16.9 Å². The molecule has 0 aliphatic heterocycles. The molecule has 1 heterocycles. The molecule has 0 aliphatic rings. The van der Waals surface area contributed by atoms with E-state index in [4.69, 9.17) is 5.73 Å². The lowest BCUT2D eigenvalue weighted by atomic mass is 10.1. The number of H-pyrrole nitrogens is 1. The second-order valence-corrected chi connectivity index (χ2v) is 3.49. The molecule has 1 aromatic carbocycles. The van der Waals surface area contributed by atoms with Gasteiger partial charge in [-0.05, 0) is 12.6 Å². The average Bonchev–Trinajstić information content (AvgIpc) is 2.80. The molecule has 0 radical (unpaired) electrons. The number of carbonyl (C=O) groups excluding carboxylic acids is 1. The van der Waals surface area contributed by atoms with Gasteiger partial charge in [0.1, 0.15) is 5.69 Å². The van der Waals surface area contributed by atoms with Crippen LogP contribution in [0, 0.1) is 0 Å². The van der Waals surface area contributed by atoms with E-state index in [0.29, 0.717) is 18.7 Å². The van der Waals surface area contributed by atoms with Crippen LogP contribution in [0.4, 0.5) is 0 Å². The van der Waals surface area contributed by atoms with Crippen molar-refractivity contribution in [3.05, 3.63) is 42.1 Å². The van der Waals surface area contributed by atoms with Gasteiger partial charge in [-0.1, -0.05) is 30.3 Å². The van der Waals surface area contributed by atoms with Gasteiger partial charge in [0.15, 0.2) is 5.78 Å². The number of carbonyl (C=O) groups is 1. The van der Waals surface area contributed by atoms with Crippen molar-refractivity contribution in [2.45, 2.75) is 6.42 Å². The highest BCUT2D eigenvalue weighted by Crippen LogP contribution is 2.17. The maximum absolute atomic E-state index is 11.5. The summed E-state index contributed by atoms with van der Waals surface area (Å²) >= 11 is 0. The van der Waals surface area contributed by atoms with E-state index < -0.39 is 0 Å². The zero-order chi connectivity index (χ0) is 11.4. The van der Waals surface area contributed by atoms with E-state index in [0.717, 1.165) is 11.3 Å². The number of nitrogens with two attached hydrogens (primary N) is 1. The summed E-state index contributed by atoms with van der Waals surface area (Å²) < 4.78 is 0. The minimum atomic E-state index is -0.00261. The normalized spacial score (nSPS) is 10.3. The summed E-state index contributed by atoms with van der Waals surface area (Å²) in [6, 6.07) is 11.5. The van der Waals surface area contributed by atoms with Gasteiger partial charge in [-0.3, -0.25) is 9.89 Å². The molecule has 16 heavy (non-hydrogen) atoms. The topological polar surface area (TPSA) is 71.8 Å². The Bertz CT molecular complexity index is 476. The number of aromatic amines is 1. The predicted octanol–water partition coefficient (Wildman–Crippen LogP) is 1.61. The molecule has 2 rings (SSSR count). The van der Waals surface area contributed by atoms with Gasteiger partial charge in [-0.15, -0.1) is 0 Å². The Morgan fingerprint density at radius 2 is 2.06 bits per heavy atom. The molecule has 2 aromatic rings. The number of benzene rings is 1. The van der Waals surface area contributed by atoms with Crippen molar-refractivity contribution in [3.8, 4) is 11.3 Å². The molecule has 0 bridgehead atoms. The van der Waals surface area contributed by atoms with Gasteiger partial charge in [-0.25, -0.2) is 0 Å². The van der Waals surface area contributed by atoms with Crippen LogP contribution in [0.3, 0.4) is 0 Å². The third kappa shape index (κ3) is 2.17. The van der Waals surface area contributed by atoms with Crippen molar-refractivity contribution in [1.29, 1.82) is 0 Å². The highest BCUT2D eigenvalue weighted by atomic mass is 16.1. The quantitative estimate of drug-likeness (QED) is 0.761. The van der Waals surface area contributed by atoms with Crippen LogP contribution in [-0.4, -0.2) is 22.5 Å². The maximum Gasteiger partial charge on any atom is 0.181 e. The van der Waals surface area contributed by atoms with Gasteiger partial charge in [-0.2, -0.15) is 5.10 Å². The van der Waals surface area contributed by atoms with E-state index in [1.807, 2.05) is 30.3 Å². The fourth-order valence-electron chi connectivity index (χ4n) is 1.49. The molecule has 0 amide bonds. The van der Waals surface area contributed by atoms with E-state index in [-0.39, 0.29) is 5.78 Å². The fourth-order valence-corrected chi connectivity index (χ4v) is 1.49. The highest BCUT2D eigenvalue weighted by Gasteiger charge is 2.09. The van der Waals surface area contributed by atoms with Crippen molar-refractivity contribution in [3.63, 3.8) is 0 Å². The summed E-state index contributed by atoms with van der Waals surface area (Å²) in [4.78, 5) is 11.5. The molecular weight excluding hydrogens is 202 g/mol. The van der Waals surface area contributed by atoms with E-state index >= 15 is 0 Å². The van der Waals surface area contributed by atoms with Crippen molar-refractivity contribution in [2.75, 3.05) is 6.54 Å². The number of Topliss-reactive ketones (excluding diaryl/α,β-unsaturated/α-hetero) is 1. The smallest absolute Gasteiger partial charge is 0.181 e. The molecule has 1 aromatic heterocycles. The molecule has 0 fully saturated rings. The Kier molecular flexibility index (Phi) is 3.12. The second kappa shape index (κ2) is 4.72. The van der Waals surface area contributed by atoms with Crippen LogP contribution < -0.4 is 5.73 Å². The van der Waals surface area contributed by atoms with E-state index in [2.05, 4.69) is 10.2 Å². The Morgan fingerprint density at radius 3 is 2.75 bits per heavy atom. The van der Waals surface area contributed by atoms with Gasteiger partial charge in [0, 0.05) is 12.0 Å². The number of hydrogen-bond acceptors (Lipinski definition) is 3. The first-order chi connectivity index (χ1) is 7.81. The van der Waals surface area contributed by atoms with Gasteiger partial charge >= 0.3 is 0 Å². The van der Waals surface area contributed by atoms with Crippen molar-refractivity contribution < 1.29 is 4.79 Å². The Hall–Kier alpha value is -1.94. The van der Waals surface area contributed by atoms with E-state index in [1.165, 1.54) is 0 Å². The van der Waals surface area contributed by atoms with Gasteiger partial charge in [0.2, 0.25) is 0 Å². The molecular formula is C12H13N3O. The average molecular weight is 215 g/mol. The Morgan fingerprint density at radius 1 is 1.31 bits per heavy atom.